The van der Waals surface area contributed by atoms with E-state index in [0.717, 1.165) is 30.5 Å². The lowest BCUT2D eigenvalue weighted by molar-refractivity contribution is -0.183. The average Bonchev–Trinajstić information content (AvgIpc) is 3.41. The van der Waals surface area contributed by atoms with Crippen molar-refractivity contribution in [2.75, 3.05) is 27.2 Å². The van der Waals surface area contributed by atoms with Crippen LogP contribution >= 0.6 is 0 Å². The van der Waals surface area contributed by atoms with Crippen molar-refractivity contribution < 1.29 is 29.3 Å². The number of likely N-dealkylation sites (N-methyl/N-ethyl adjacent to an activating group) is 1. The summed E-state index contributed by atoms with van der Waals surface area (Å²) in [6.45, 7) is 14.5. The van der Waals surface area contributed by atoms with Gasteiger partial charge in [-0.15, -0.1) is 0 Å². The van der Waals surface area contributed by atoms with Crippen LogP contribution in [-0.2, 0) is 29.3 Å². The number of aromatic hydroxyl groups is 1. The van der Waals surface area contributed by atoms with Crippen LogP contribution in [0.15, 0.2) is 42.5 Å². The van der Waals surface area contributed by atoms with Crippen LogP contribution in [0.25, 0.3) is 0 Å². The first-order chi connectivity index (χ1) is 23.6. The Morgan fingerprint density at radius 2 is 1.80 bits per heavy atom. The van der Waals surface area contributed by atoms with Gasteiger partial charge in [0.2, 0.25) is 5.91 Å². The molecule has 2 aromatic carbocycles. The smallest absolute Gasteiger partial charge is 0.240 e. The number of carbonyl (C=O) groups excluding carboxylic acids is 1. The fourth-order valence-corrected chi connectivity index (χ4v) is 9.25. The Morgan fingerprint density at radius 3 is 2.40 bits per heavy atom. The lowest BCUT2D eigenvalue weighted by Crippen LogP contribution is -2.62. The summed E-state index contributed by atoms with van der Waals surface area (Å²) in [5, 5.41) is 36.7. The van der Waals surface area contributed by atoms with Gasteiger partial charge in [0.15, 0.2) is 0 Å². The van der Waals surface area contributed by atoms with Crippen molar-refractivity contribution in [3.05, 3.63) is 65.0 Å². The van der Waals surface area contributed by atoms with E-state index in [-0.39, 0.29) is 49.0 Å². The van der Waals surface area contributed by atoms with Crippen LogP contribution in [0.3, 0.4) is 0 Å². The van der Waals surface area contributed by atoms with E-state index in [4.69, 9.17) is 4.84 Å². The number of hydrogen-bond donors (Lipinski definition) is 4. The number of fused-ring (bicyclic) bond motifs is 2. The van der Waals surface area contributed by atoms with Crippen LogP contribution in [0.2, 0.25) is 0 Å². The van der Waals surface area contributed by atoms with Crippen LogP contribution < -0.4 is 5.32 Å². The average molecular weight is 697 g/mol. The number of nitrogens with one attached hydrogen (secondary N) is 1. The summed E-state index contributed by atoms with van der Waals surface area (Å²) in [6.07, 6.45) is 1.48. The molecule has 3 aliphatic carbocycles. The summed E-state index contributed by atoms with van der Waals surface area (Å²) in [6, 6.07) is 11.9. The van der Waals surface area contributed by atoms with Crippen molar-refractivity contribution in [2.45, 2.75) is 111 Å². The minimum absolute atomic E-state index is 0.0538. The molecule has 2 aromatic rings. The van der Waals surface area contributed by atoms with Crippen molar-refractivity contribution in [1.29, 1.82) is 0 Å². The number of hydroxylamine groups is 2. The second-order valence-electron chi connectivity index (χ2n) is 16.7. The molecule has 4 aliphatic rings. The van der Waals surface area contributed by atoms with E-state index in [0.29, 0.717) is 35.6 Å². The van der Waals surface area contributed by atoms with Gasteiger partial charge in [0.05, 0.1) is 19.3 Å². The zero-order valence-electron chi connectivity index (χ0n) is 31.3. The Bertz CT molecular complexity index is 1420. The molecule has 1 amide bonds. The number of aliphatic hydroxyl groups excluding tert-OH is 2. The largest absolute Gasteiger partial charge is 0.508 e. The van der Waals surface area contributed by atoms with Gasteiger partial charge in [-0.2, -0.15) is 5.06 Å². The molecule has 0 spiro atoms. The van der Waals surface area contributed by atoms with Gasteiger partial charge >= 0.3 is 0 Å². The minimum Gasteiger partial charge on any atom is -0.508 e. The molecule has 1 aliphatic heterocycles. The maximum absolute atomic E-state index is 15.0. The Kier molecular flexibility index (Phi) is 12.3. The third-order valence-electron chi connectivity index (χ3n) is 12.1. The third-order valence-corrected chi connectivity index (χ3v) is 12.1. The Balaban J connectivity index is 1.38. The first-order valence-corrected chi connectivity index (χ1v) is 18.6. The van der Waals surface area contributed by atoms with Gasteiger partial charge in [-0.3, -0.25) is 14.5 Å². The molecule has 0 unspecified atom stereocenters. The van der Waals surface area contributed by atoms with Crippen molar-refractivity contribution >= 4 is 5.91 Å². The number of nitrogens with zero attached hydrogens (tertiary/aromatic N) is 3. The first-order valence-electron chi connectivity index (χ1n) is 18.6. The second-order valence-corrected chi connectivity index (χ2v) is 16.7. The maximum Gasteiger partial charge on any atom is 0.240 e. The lowest BCUT2D eigenvalue weighted by atomic mass is 9.45. The highest BCUT2D eigenvalue weighted by molar-refractivity contribution is 5.82. The Labute approximate surface area is 298 Å². The first kappa shape index (κ1) is 38.6. The number of rotatable bonds is 15. The number of phenolic OH excluding ortho intramolecular Hbond substituents is 1. The van der Waals surface area contributed by atoms with Gasteiger partial charge in [-0.05, 0) is 92.6 Å². The molecule has 4 N–H and O–H groups in total. The van der Waals surface area contributed by atoms with E-state index >= 15 is 4.39 Å². The fourth-order valence-electron chi connectivity index (χ4n) is 9.25. The molecule has 1 saturated heterocycles. The number of benzene rings is 2. The van der Waals surface area contributed by atoms with E-state index in [2.05, 4.69) is 55.8 Å². The van der Waals surface area contributed by atoms with Crippen LogP contribution in [0, 0.1) is 40.8 Å². The van der Waals surface area contributed by atoms with Crippen LogP contribution in [-0.4, -0.2) is 93.7 Å². The van der Waals surface area contributed by atoms with Gasteiger partial charge < -0.3 is 25.5 Å². The van der Waals surface area contributed by atoms with Crippen LogP contribution in [0.4, 0.5) is 4.39 Å². The standard InChI is InChI=1S/C40H61FN4O5/c1-24(2)15-30(21-43(7)8)44(22-31-33(41)13-10-14-35(31)48)19-27-11-9-12-28(16-27)20-45-38(37(26(4)47)36(23-46)50-45)39(49)42-34-18-29-17-32(25(34)3)40(29,5)6/h9-14,16,24-26,29-30,32,34,36-38,46-48H,15,17-23H2,1-8H3,(H,42,49)/t25-,26-,29+,30-,32-,34-,36-,37+,38-/m0/s1. The SMILES string of the molecule is CC(C)C[C@@H](CN(C)C)N(Cc1cccc(CN2O[C@@H](CO)[C@@H]([C@H](C)O)[C@H]2C(=O)N[C@H]2C[C@H]3C[C@@H]([C@@H]2C)C3(C)C)c1)Cc1c(O)cccc1F. The fraction of sp³-hybridized carbons (Fsp3) is 0.675. The number of hydrogen-bond acceptors (Lipinski definition) is 8. The topological polar surface area (TPSA) is 109 Å². The summed E-state index contributed by atoms with van der Waals surface area (Å²) in [7, 11) is 4.07. The summed E-state index contributed by atoms with van der Waals surface area (Å²) in [5.74, 6) is 0.673. The van der Waals surface area contributed by atoms with Gasteiger partial charge in [-0.1, -0.05) is 65.0 Å². The third kappa shape index (κ3) is 8.37. The van der Waals surface area contributed by atoms with E-state index in [9.17, 15) is 20.1 Å². The van der Waals surface area contributed by atoms with Gasteiger partial charge in [0, 0.05) is 43.2 Å². The maximum atomic E-state index is 15.0. The van der Waals surface area contributed by atoms with Gasteiger partial charge in [0.1, 0.15) is 23.7 Å². The molecule has 9 atom stereocenters. The number of halogens is 1. The summed E-state index contributed by atoms with van der Waals surface area (Å²) < 4.78 is 15.0. The highest BCUT2D eigenvalue weighted by Gasteiger charge is 2.57. The van der Waals surface area contributed by atoms with Crippen molar-refractivity contribution in [3.8, 4) is 5.75 Å². The molecule has 10 heteroatoms. The molecule has 3 saturated carbocycles. The van der Waals surface area contributed by atoms with E-state index in [1.807, 2.05) is 32.3 Å². The predicted molar refractivity (Wildman–Crippen MR) is 193 cm³/mol. The van der Waals surface area contributed by atoms with Crippen molar-refractivity contribution in [1.82, 2.24) is 20.2 Å². The van der Waals surface area contributed by atoms with Gasteiger partial charge in [-0.25, -0.2) is 4.39 Å². The minimum atomic E-state index is -0.867. The van der Waals surface area contributed by atoms with E-state index in [1.165, 1.54) is 24.6 Å². The molecule has 6 rings (SSSR count). The zero-order valence-corrected chi connectivity index (χ0v) is 31.3. The predicted octanol–water partition coefficient (Wildman–Crippen LogP) is 5.17. The van der Waals surface area contributed by atoms with Crippen molar-refractivity contribution in [2.24, 2.45) is 35.0 Å². The van der Waals surface area contributed by atoms with Crippen LogP contribution in [0.1, 0.15) is 77.5 Å². The highest BCUT2D eigenvalue weighted by atomic mass is 19.1. The molecule has 4 fully saturated rings. The summed E-state index contributed by atoms with van der Waals surface area (Å²) >= 11 is 0. The summed E-state index contributed by atoms with van der Waals surface area (Å²) in [4.78, 5) is 24.7. The molecule has 50 heavy (non-hydrogen) atoms. The Morgan fingerprint density at radius 1 is 1.10 bits per heavy atom. The molecule has 0 radical (unpaired) electrons. The highest BCUT2D eigenvalue weighted by Crippen LogP contribution is 2.61. The summed E-state index contributed by atoms with van der Waals surface area (Å²) in [5.41, 5.74) is 2.50. The number of phenols is 1. The number of carbonyl (C=O) groups is 1. The number of amides is 1. The Hall–Kier alpha value is -2.60. The molecule has 1 heterocycles. The van der Waals surface area contributed by atoms with E-state index < -0.39 is 30.0 Å². The molecule has 2 bridgehead atoms. The molecule has 9 nitrogen and oxygen atoms in total. The van der Waals surface area contributed by atoms with Crippen LogP contribution in [0.5, 0.6) is 5.75 Å². The quantitative estimate of drug-likeness (QED) is 0.202. The molecule has 0 aromatic heterocycles. The number of aliphatic hydroxyl groups is 2. The lowest BCUT2D eigenvalue weighted by Gasteiger charge is -2.62. The molecular formula is C40H61FN4O5. The normalized spacial score (nSPS) is 29.0. The monoisotopic (exact) mass is 696 g/mol. The molecular weight excluding hydrogens is 635 g/mol. The van der Waals surface area contributed by atoms with Gasteiger partial charge in [0.25, 0.3) is 0 Å². The molecule has 278 valence electrons. The zero-order chi connectivity index (χ0) is 36.5. The second kappa shape index (κ2) is 16.0. The van der Waals surface area contributed by atoms with E-state index in [1.54, 1.807) is 12.0 Å². The van der Waals surface area contributed by atoms with Crippen molar-refractivity contribution in [3.63, 3.8) is 0 Å².